The van der Waals surface area contributed by atoms with Crippen LogP contribution in [0, 0.1) is 0 Å². The number of pyridine rings is 1. The number of hydrogen-bond acceptors (Lipinski definition) is 14. The number of aromatic nitrogens is 3. The number of carbonyl (C=O) groups excluding carboxylic acids is 2. The summed E-state index contributed by atoms with van der Waals surface area (Å²) in [5.41, 5.74) is 9.83. The molecular formula is C44H53N7O11. The minimum Gasteiger partial charge on any atom is -0.478 e. The highest BCUT2D eigenvalue weighted by atomic mass is 16.7. The summed E-state index contributed by atoms with van der Waals surface area (Å²) in [6.45, 7) is 4.78. The fourth-order valence-electron chi connectivity index (χ4n) is 7.77. The number of amides is 2. The van der Waals surface area contributed by atoms with E-state index in [-0.39, 0.29) is 42.4 Å². The number of aromatic carboxylic acids is 1. The van der Waals surface area contributed by atoms with E-state index in [2.05, 4.69) is 51.3 Å². The van der Waals surface area contributed by atoms with Crippen LogP contribution in [0.3, 0.4) is 0 Å². The molecule has 5 aromatic rings. The molecule has 18 nitrogen and oxygen atoms in total. The van der Waals surface area contributed by atoms with E-state index >= 15 is 0 Å². The number of carboxylic acid groups (broad SMARTS) is 1. The molecule has 18 heteroatoms. The molecule has 2 aliphatic heterocycles. The molecule has 0 bridgehead atoms. The number of nitrogens with two attached hydrogens (primary N) is 1. The first-order valence-corrected chi connectivity index (χ1v) is 20.9. The number of ether oxygens (including phenoxy) is 3. The second-order valence-corrected chi connectivity index (χ2v) is 15.6. The number of unbranched alkanes of at least 4 members (excludes halogenated alkanes) is 1. The van der Waals surface area contributed by atoms with Crippen molar-refractivity contribution in [2.24, 2.45) is 5.73 Å². The second kappa shape index (κ2) is 20.0. The number of fused-ring (bicyclic) bond motifs is 3. The van der Waals surface area contributed by atoms with Crippen LogP contribution in [-0.4, -0.2) is 120 Å². The summed E-state index contributed by atoms with van der Waals surface area (Å²) in [4.78, 5) is 50.4. The number of aryl methyl sites for hydroxylation is 1. The summed E-state index contributed by atoms with van der Waals surface area (Å²) in [5.74, 6) is -0.727. The Kier molecular flexibility index (Phi) is 14.3. The number of carbonyl (C=O) groups is 3. The molecule has 62 heavy (non-hydrogen) atoms. The fourth-order valence-corrected chi connectivity index (χ4v) is 7.77. The SMILES string of the molecule is CCCCc1nc2c(NC(=O)OCc3ccc(O[C@H]4O[C@H](CO)[C@@H](O)[C@H](O)[C@@H]4O)c(NC(=O)CCN)c3)nc3cc(C(=O)O)ccc3c2n1Cc1ccc(CN2CCCC2)cc1. The monoisotopic (exact) mass is 855 g/mol. The molecule has 9 N–H and O–H groups in total. The lowest BCUT2D eigenvalue weighted by atomic mass is 9.99. The molecule has 2 amide bonds. The predicted molar refractivity (Wildman–Crippen MR) is 228 cm³/mol. The number of likely N-dealkylation sites (tertiary alicyclic amines) is 1. The number of nitrogens with one attached hydrogen (secondary N) is 2. The lowest BCUT2D eigenvalue weighted by molar-refractivity contribution is -0.277. The van der Waals surface area contributed by atoms with Gasteiger partial charge in [0.25, 0.3) is 0 Å². The average molecular weight is 856 g/mol. The third-order valence-electron chi connectivity index (χ3n) is 11.1. The van der Waals surface area contributed by atoms with Crippen molar-refractivity contribution in [3.8, 4) is 5.75 Å². The molecule has 2 aliphatic rings. The number of anilines is 2. The van der Waals surface area contributed by atoms with Crippen molar-refractivity contribution in [1.29, 1.82) is 0 Å². The molecule has 7 rings (SSSR count). The van der Waals surface area contributed by atoms with Crippen molar-refractivity contribution >= 4 is 51.4 Å². The van der Waals surface area contributed by atoms with Crippen molar-refractivity contribution in [3.63, 3.8) is 0 Å². The largest absolute Gasteiger partial charge is 0.478 e. The van der Waals surface area contributed by atoms with Gasteiger partial charge < -0.3 is 55.4 Å². The fraction of sp³-hybridized carbons (Fsp3) is 0.432. The third-order valence-corrected chi connectivity index (χ3v) is 11.1. The first-order chi connectivity index (χ1) is 30.0. The highest BCUT2D eigenvalue weighted by molar-refractivity contribution is 6.10. The Balaban J connectivity index is 1.16. The van der Waals surface area contributed by atoms with Gasteiger partial charge in [0.15, 0.2) is 5.82 Å². The minimum absolute atomic E-state index is 0.00359. The maximum Gasteiger partial charge on any atom is 0.413 e. The smallest absolute Gasteiger partial charge is 0.413 e. The summed E-state index contributed by atoms with van der Waals surface area (Å²) in [6, 6.07) is 17.7. The van der Waals surface area contributed by atoms with Crippen molar-refractivity contribution in [3.05, 3.63) is 88.7 Å². The van der Waals surface area contributed by atoms with E-state index in [0.29, 0.717) is 40.5 Å². The van der Waals surface area contributed by atoms with Gasteiger partial charge in [-0.15, -0.1) is 0 Å². The Labute approximate surface area is 357 Å². The van der Waals surface area contributed by atoms with Crippen molar-refractivity contribution in [2.75, 3.05) is 36.9 Å². The quantitative estimate of drug-likeness (QED) is 0.0666. The number of aliphatic hydroxyl groups excluding tert-OH is 4. The summed E-state index contributed by atoms with van der Waals surface area (Å²) in [7, 11) is 0. The summed E-state index contributed by atoms with van der Waals surface area (Å²) >= 11 is 0. The van der Waals surface area contributed by atoms with Gasteiger partial charge in [-0.3, -0.25) is 15.0 Å². The van der Waals surface area contributed by atoms with Gasteiger partial charge in [-0.2, -0.15) is 0 Å². The molecule has 2 saturated heterocycles. The highest BCUT2D eigenvalue weighted by Crippen LogP contribution is 2.34. The van der Waals surface area contributed by atoms with Crippen molar-refractivity contribution < 1.29 is 54.1 Å². The number of rotatable bonds is 17. The number of benzene rings is 3. The van der Waals surface area contributed by atoms with Gasteiger partial charge in [0.05, 0.1) is 28.9 Å². The summed E-state index contributed by atoms with van der Waals surface area (Å²) < 4.78 is 19.0. The number of imidazole rings is 1. The Bertz CT molecular complexity index is 2380. The van der Waals surface area contributed by atoms with Crippen LogP contribution in [0.4, 0.5) is 16.3 Å². The van der Waals surface area contributed by atoms with Gasteiger partial charge in [-0.05, 0) is 79.4 Å². The van der Waals surface area contributed by atoms with Gasteiger partial charge >= 0.3 is 12.1 Å². The molecule has 5 atom stereocenters. The first kappa shape index (κ1) is 44.3. The van der Waals surface area contributed by atoms with Gasteiger partial charge in [-0.1, -0.05) is 43.7 Å². The average Bonchev–Trinajstić information content (AvgIpc) is 3.91. The molecule has 2 fully saturated rings. The molecule has 2 aromatic heterocycles. The van der Waals surface area contributed by atoms with Crippen molar-refractivity contribution in [2.45, 2.75) is 95.9 Å². The van der Waals surface area contributed by atoms with Crippen LogP contribution in [0.5, 0.6) is 5.75 Å². The number of carboxylic acids is 1. The maximum absolute atomic E-state index is 13.6. The van der Waals surface area contributed by atoms with Crippen LogP contribution in [0.2, 0.25) is 0 Å². The zero-order valence-electron chi connectivity index (χ0n) is 34.4. The van der Waals surface area contributed by atoms with E-state index in [0.717, 1.165) is 43.9 Å². The Morgan fingerprint density at radius 1 is 0.903 bits per heavy atom. The van der Waals surface area contributed by atoms with Crippen LogP contribution in [-0.2, 0) is 40.4 Å². The maximum atomic E-state index is 13.6. The van der Waals surface area contributed by atoms with Crippen molar-refractivity contribution in [1.82, 2.24) is 19.4 Å². The van der Waals surface area contributed by atoms with Gasteiger partial charge in [0.2, 0.25) is 12.2 Å². The molecule has 4 heterocycles. The standard InChI is InChI=1S/C44H53N7O11/c1-2-3-6-34-48-36-37(51(34)22-26-9-7-25(8-10-26)21-50-17-4-5-18-50)29-13-12-28(42(57)58)20-30(29)47-41(36)49-44(59)60-24-27-11-14-32(31(19-27)46-35(53)15-16-45)61-43-40(56)39(55)38(54)33(23-52)62-43/h7-14,19-20,33,38-40,43,52,54-56H,2-6,15-18,21-24,45H2,1H3,(H,46,53)(H,57,58)(H,47,49,59)/t33-,38-,39+,40+,43+/m1/s1. The Morgan fingerprint density at radius 3 is 2.32 bits per heavy atom. The summed E-state index contributed by atoms with van der Waals surface area (Å²) in [5, 5.41) is 56.5. The van der Waals surface area contributed by atoms with Crippen LogP contribution >= 0.6 is 0 Å². The molecule has 0 spiro atoms. The van der Waals surface area contributed by atoms with E-state index < -0.39 is 55.3 Å². The first-order valence-electron chi connectivity index (χ1n) is 20.9. The van der Waals surface area contributed by atoms with Crippen LogP contribution in [0.1, 0.15) is 71.9 Å². The van der Waals surface area contributed by atoms with Crippen LogP contribution in [0.25, 0.3) is 21.9 Å². The third kappa shape index (κ3) is 10.1. The second-order valence-electron chi connectivity index (χ2n) is 15.6. The minimum atomic E-state index is -1.71. The van der Waals surface area contributed by atoms with E-state index in [4.69, 9.17) is 29.9 Å². The van der Waals surface area contributed by atoms with E-state index in [1.807, 2.05) is 0 Å². The summed E-state index contributed by atoms with van der Waals surface area (Å²) in [6.07, 6.45) is -3.80. The van der Waals surface area contributed by atoms with Gasteiger partial charge in [-0.25, -0.2) is 19.6 Å². The zero-order chi connectivity index (χ0) is 43.9. The molecule has 3 aromatic carbocycles. The molecule has 0 unspecified atom stereocenters. The Hall–Kier alpha value is -5.73. The predicted octanol–water partition coefficient (Wildman–Crippen LogP) is 3.48. The van der Waals surface area contributed by atoms with E-state index in [1.165, 1.54) is 48.7 Å². The van der Waals surface area contributed by atoms with E-state index in [9.17, 15) is 39.9 Å². The highest BCUT2D eigenvalue weighted by Gasteiger charge is 2.45. The number of hydrogen-bond donors (Lipinski definition) is 8. The van der Waals surface area contributed by atoms with E-state index in [1.54, 1.807) is 6.07 Å². The molecule has 0 radical (unpaired) electrons. The molecular weight excluding hydrogens is 803 g/mol. The van der Waals surface area contributed by atoms with Crippen LogP contribution in [0.15, 0.2) is 60.7 Å². The van der Waals surface area contributed by atoms with Gasteiger partial charge in [0, 0.05) is 37.9 Å². The Morgan fingerprint density at radius 2 is 1.63 bits per heavy atom. The molecule has 330 valence electrons. The van der Waals surface area contributed by atoms with Crippen LogP contribution < -0.4 is 21.1 Å². The molecule has 0 aliphatic carbocycles. The molecule has 0 saturated carbocycles. The zero-order valence-corrected chi connectivity index (χ0v) is 34.4. The number of nitrogens with zero attached hydrogens (tertiary/aromatic N) is 4. The lowest BCUT2D eigenvalue weighted by Gasteiger charge is -2.39. The normalized spacial score (nSPS) is 20.4. The number of aliphatic hydroxyl groups is 4. The van der Waals surface area contributed by atoms with Gasteiger partial charge in [0.1, 0.15) is 48.1 Å². The topological polar surface area (TPSA) is 264 Å². The lowest BCUT2D eigenvalue weighted by Crippen LogP contribution is -2.60.